The number of primary amides is 1. The number of carbonyl (C=O) groups excluding carboxylic acids is 2. The predicted molar refractivity (Wildman–Crippen MR) is 122 cm³/mol. The summed E-state index contributed by atoms with van der Waals surface area (Å²) in [6, 6.07) is 13.5. The van der Waals surface area contributed by atoms with E-state index in [4.69, 9.17) is 11.5 Å². The number of hydrogen-bond donors (Lipinski definition) is 3. The Balaban J connectivity index is 1.47. The molecule has 33 heavy (non-hydrogen) atoms. The molecule has 9 heteroatoms. The number of carbonyl (C=O) groups is 2. The highest BCUT2D eigenvalue weighted by Crippen LogP contribution is 2.55. The highest BCUT2D eigenvalue weighted by Gasteiger charge is 2.57. The van der Waals surface area contributed by atoms with Gasteiger partial charge in [-0.05, 0) is 37.1 Å². The molecule has 4 rings (SSSR count). The highest BCUT2D eigenvalue weighted by molar-refractivity contribution is 6.03. The van der Waals surface area contributed by atoms with Gasteiger partial charge in [0.2, 0.25) is 5.91 Å². The molecule has 5 N–H and O–H groups in total. The molecule has 0 radical (unpaired) electrons. The number of nitrogens with one attached hydrogen (secondary N) is 1. The van der Waals surface area contributed by atoms with Crippen LogP contribution < -0.4 is 16.8 Å². The number of nitrogens with zero attached hydrogens (tertiary/aromatic N) is 2. The van der Waals surface area contributed by atoms with E-state index in [2.05, 4.69) is 10.4 Å². The van der Waals surface area contributed by atoms with E-state index in [9.17, 15) is 18.4 Å². The number of amides is 2. The van der Waals surface area contributed by atoms with E-state index in [0.717, 1.165) is 5.56 Å². The number of nitrogen functional groups attached to an aromatic ring is 1. The molecule has 1 aromatic heterocycles. The van der Waals surface area contributed by atoms with Crippen molar-refractivity contribution in [2.75, 3.05) is 11.1 Å². The molecule has 3 aromatic rings. The normalized spacial score (nSPS) is 16.6. The van der Waals surface area contributed by atoms with Crippen LogP contribution in [0.5, 0.6) is 0 Å². The number of halogens is 2. The summed E-state index contributed by atoms with van der Waals surface area (Å²) >= 11 is 0. The van der Waals surface area contributed by atoms with Gasteiger partial charge in [0.1, 0.15) is 17.1 Å². The van der Waals surface area contributed by atoms with Gasteiger partial charge in [-0.3, -0.25) is 9.59 Å². The molecule has 2 amide bonds. The van der Waals surface area contributed by atoms with Crippen LogP contribution in [0.25, 0.3) is 11.3 Å². The first kappa shape index (κ1) is 22.4. The molecule has 2 aromatic carbocycles. The molecule has 7 nitrogen and oxygen atoms in total. The van der Waals surface area contributed by atoms with Crippen LogP contribution in [0.3, 0.4) is 0 Å². The lowest BCUT2D eigenvalue weighted by atomic mass is 10.0. The Kier molecular flexibility index (Phi) is 5.65. The van der Waals surface area contributed by atoms with E-state index in [-0.39, 0.29) is 36.2 Å². The first-order chi connectivity index (χ1) is 15.6. The fourth-order valence-corrected chi connectivity index (χ4v) is 3.87. The smallest absolute Gasteiger partial charge is 0.255 e. The number of hydrogen-bond acceptors (Lipinski definition) is 4. The van der Waals surface area contributed by atoms with Crippen molar-refractivity contribution in [3.8, 4) is 11.3 Å². The molecule has 0 aliphatic heterocycles. The van der Waals surface area contributed by atoms with Gasteiger partial charge >= 0.3 is 0 Å². The molecule has 0 spiro atoms. The molecule has 1 saturated carbocycles. The lowest BCUT2D eigenvalue weighted by Crippen LogP contribution is -2.15. The van der Waals surface area contributed by atoms with E-state index < -0.39 is 17.7 Å². The van der Waals surface area contributed by atoms with Crippen LogP contribution in [0.4, 0.5) is 20.3 Å². The van der Waals surface area contributed by atoms with Crippen molar-refractivity contribution < 1.29 is 18.4 Å². The second-order valence-corrected chi connectivity index (χ2v) is 8.58. The van der Waals surface area contributed by atoms with Gasteiger partial charge in [0.15, 0.2) is 0 Å². The summed E-state index contributed by atoms with van der Waals surface area (Å²) in [5.41, 5.74) is 14.5. The third-order valence-corrected chi connectivity index (χ3v) is 5.67. The Hall–Kier alpha value is -3.75. The number of aromatic nitrogens is 2. The number of alkyl halides is 2. The molecular weight excluding hydrogens is 428 g/mol. The van der Waals surface area contributed by atoms with Gasteiger partial charge in [-0.1, -0.05) is 36.4 Å². The van der Waals surface area contributed by atoms with E-state index in [1.165, 1.54) is 0 Å². The second-order valence-electron chi connectivity index (χ2n) is 8.58. The topological polar surface area (TPSA) is 116 Å². The van der Waals surface area contributed by atoms with Crippen molar-refractivity contribution in [3.63, 3.8) is 0 Å². The van der Waals surface area contributed by atoms with Gasteiger partial charge in [-0.2, -0.15) is 5.10 Å². The lowest BCUT2D eigenvalue weighted by Gasteiger charge is -2.08. The summed E-state index contributed by atoms with van der Waals surface area (Å²) in [5, 5.41) is 7.20. The maximum Gasteiger partial charge on any atom is 0.255 e. The van der Waals surface area contributed by atoms with Crippen molar-refractivity contribution in [1.82, 2.24) is 9.78 Å². The SMILES string of the molecule is CC(C)n1nc(-c2ccc(CC(=O)Nc3cccc(C4CC4(F)F)c3)cc2)c(C(N)=O)c1N. The second kappa shape index (κ2) is 8.31. The number of rotatable bonds is 7. The van der Waals surface area contributed by atoms with Gasteiger partial charge in [0.25, 0.3) is 11.8 Å². The molecule has 172 valence electrons. The fraction of sp³-hybridized carbons (Fsp3) is 0.292. The zero-order chi connectivity index (χ0) is 23.9. The molecular formula is C24H25F2N5O2. The Morgan fingerprint density at radius 2 is 1.88 bits per heavy atom. The van der Waals surface area contributed by atoms with Crippen LogP contribution in [0, 0.1) is 0 Å². The van der Waals surface area contributed by atoms with Crippen molar-refractivity contribution in [3.05, 3.63) is 65.2 Å². The monoisotopic (exact) mass is 453 g/mol. The molecule has 1 aliphatic rings. The van der Waals surface area contributed by atoms with Crippen molar-refractivity contribution in [1.29, 1.82) is 0 Å². The number of anilines is 2. The van der Waals surface area contributed by atoms with E-state index in [1.54, 1.807) is 53.2 Å². The summed E-state index contributed by atoms with van der Waals surface area (Å²) in [7, 11) is 0. The van der Waals surface area contributed by atoms with Crippen LogP contribution in [0.15, 0.2) is 48.5 Å². The van der Waals surface area contributed by atoms with Crippen LogP contribution in [-0.4, -0.2) is 27.5 Å². The quantitative estimate of drug-likeness (QED) is 0.499. The maximum absolute atomic E-state index is 13.3. The number of benzene rings is 2. The molecule has 1 unspecified atom stereocenters. The minimum Gasteiger partial charge on any atom is -0.383 e. The van der Waals surface area contributed by atoms with Gasteiger partial charge < -0.3 is 16.8 Å². The fourth-order valence-electron chi connectivity index (χ4n) is 3.87. The maximum atomic E-state index is 13.3. The average Bonchev–Trinajstić information content (AvgIpc) is 3.23. The minimum atomic E-state index is -2.66. The summed E-state index contributed by atoms with van der Waals surface area (Å²) in [6.07, 6.45) is -0.0649. The van der Waals surface area contributed by atoms with Crippen molar-refractivity contribution in [2.45, 2.75) is 44.6 Å². The molecule has 0 bridgehead atoms. The van der Waals surface area contributed by atoms with Crippen molar-refractivity contribution in [2.24, 2.45) is 5.73 Å². The van der Waals surface area contributed by atoms with E-state index >= 15 is 0 Å². The first-order valence-electron chi connectivity index (χ1n) is 10.6. The molecule has 1 atom stereocenters. The first-order valence-corrected chi connectivity index (χ1v) is 10.6. The molecule has 0 saturated heterocycles. The Morgan fingerprint density at radius 3 is 2.45 bits per heavy atom. The van der Waals surface area contributed by atoms with Gasteiger partial charge in [0, 0.05) is 23.7 Å². The summed E-state index contributed by atoms with van der Waals surface area (Å²) in [6.45, 7) is 3.79. The molecule has 1 heterocycles. The van der Waals surface area contributed by atoms with Gasteiger partial charge in [-0.25, -0.2) is 13.5 Å². The zero-order valence-corrected chi connectivity index (χ0v) is 18.3. The summed E-state index contributed by atoms with van der Waals surface area (Å²) in [4.78, 5) is 24.4. The van der Waals surface area contributed by atoms with Crippen LogP contribution in [0.1, 0.15) is 53.7 Å². The van der Waals surface area contributed by atoms with Gasteiger partial charge in [0.05, 0.1) is 12.3 Å². The Bertz CT molecular complexity index is 1220. The molecule has 1 aliphatic carbocycles. The number of nitrogens with two attached hydrogens (primary N) is 2. The molecule has 1 fully saturated rings. The third-order valence-electron chi connectivity index (χ3n) is 5.67. The van der Waals surface area contributed by atoms with Crippen LogP contribution in [-0.2, 0) is 11.2 Å². The summed E-state index contributed by atoms with van der Waals surface area (Å²) < 4.78 is 28.2. The average molecular weight is 453 g/mol. The van der Waals surface area contributed by atoms with Crippen LogP contribution >= 0.6 is 0 Å². The highest BCUT2D eigenvalue weighted by atomic mass is 19.3. The summed E-state index contributed by atoms with van der Waals surface area (Å²) in [5.74, 6) is -4.16. The van der Waals surface area contributed by atoms with Crippen LogP contribution in [0.2, 0.25) is 0 Å². The zero-order valence-electron chi connectivity index (χ0n) is 18.3. The van der Waals surface area contributed by atoms with Gasteiger partial charge in [-0.15, -0.1) is 0 Å². The lowest BCUT2D eigenvalue weighted by molar-refractivity contribution is -0.115. The Labute approximate surface area is 189 Å². The standard InChI is InChI=1S/C24H25F2N5O2/c1-13(2)31-22(27)20(23(28)33)21(30-31)15-8-6-14(7-9-15)10-19(32)29-17-5-3-4-16(11-17)18-12-24(18,25)26/h3-9,11,13,18H,10,12,27H2,1-2H3,(H2,28,33)(H,29,32). The van der Waals surface area contributed by atoms with Crippen molar-refractivity contribution >= 4 is 23.3 Å². The largest absolute Gasteiger partial charge is 0.383 e. The van der Waals surface area contributed by atoms with E-state index in [0.29, 0.717) is 22.5 Å². The Morgan fingerprint density at radius 1 is 1.21 bits per heavy atom. The minimum absolute atomic E-state index is 0.0514. The predicted octanol–water partition coefficient (Wildman–Crippen LogP) is 4.12. The van der Waals surface area contributed by atoms with E-state index in [1.807, 2.05) is 13.8 Å². The third kappa shape index (κ3) is 4.57.